The van der Waals surface area contributed by atoms with Crippen molar-refractivity contribution in [2.45, 2.75) is 39.7 Å². The fourth-order valence-electron chi connectivity index (χ4n) is 2.74. The third kappa shape index (κ3) is 2.84. The molecule has 0 radical (unpaired) electrons. The second-order valence-corrected chi connectivity index (χ2v) is 5.49. The Hall–Kier alpha value is -2.30. The molecule has 1 aliphatic carbocycles. The number of hydrogen-bond donors (Lipinski definition) is 0. The van der Waals surface area contributed by atoms with E-state index in [0.717, 1.165) is 53.3 Å². The molecule has 0 aliphatic heterocycles. The molecule has 0 spiro atoms. The molecule has 116 valence electrons. The molecule has 0 amide bonds. The number of fused-ring (bicyclic) bond motifs is 1. The van der Waals surface area contributed by atoms with E-state index in [1.807, 2.05) is 19.9 Å². The normalized spacial score (nSPS) is 15.7. The lowest BCUT2D eigenvalue weighted by Gasteiger charge is -2.18. The van der Waals surface area contributed by atoms with Gasteiger partial charge in [0.05, 0.1) is 24.1 Å². The molecule has 22 heavy (non-hydrogen) atoms. The van der Waals surface area contributed by atoms with E-state index < -0.39 is 0 Å². The Bertz CT molecular complexity index is 684. The van der Waals surface area contributed by atoms with E-state index in [4.69, 9.17) is 14.1 Å². The van der Waals surface area contributed by atoms with Crippen LogP contribution in [0.5, 0.6) is 5.75 Å². The van der Waals surface area contributed by atoms with Crippen LogP contribution in [-0.4, -0.2) is 18.0 Å². The molecule has 5 nitrogen and oxygen atoms in total. The van der Waals surface area contributed by atoms with Crippen LogP contribution in [0.2, 0.25) is 0 Å². The predicted octanol–water partition coefficient (Wildman–Crippen LogP) is 3.56. The fourth-order valence-corrected chi connectivity index (χ4v) is 2.74. The monoisotopic (exact) mass is 300 g/mol. The molecule has 5 heteroatoms. The third-order valence-corrected chi connectivity index (χ3v) is 4.05. The average Bonchev–Trinajstić information content (AvgIpc) is 2.86. The highest BCUT2D eigenvalue weighted by Crippen LogP contribution is 2.26. The number of methoxy groups -OCH3 is 1. The fraction of sp³-hybridized carbons (Fsp3) is 0.412. The van der Waals surface area contributed by atoms with Gasteiger partial charge in [0.2, 0.25) is 0 Å². The summed E-state index contributed by atoms with van der Waals surface area (Å²) < 4.78 is 10.4. The van der Waals surface area contributed by atoms with Gasteiger partial charge in [-0.2, -0.15) is 0 Å². The first kappa shape index (κ1) is 14.6. The summed E-state index contributed by atoms with van der Waals surface area (Å²) in [4.78, 5) is 5.55. The lowest BCUT2D eigenvalue weighted by atomic mass is 9.90. The van der Waals surface area contributed by atoms with Gasteiger partial charge in [0.1, 0.15) is 18.1 Å². The Morgan fingerprint density at radius 3 is 2.86 bits per heavy atom. The number of nitrogens with zero attached hydrogens (tertiary/aromatic N) is 2. The molecular formula is C17H20N2O3. The van der Waals surface area contributed by atoms with E-state index in [0.29, 0.717) is 6.61 Å². The summed E-state index contributed by atoms with van der Waals surface area (Å²) in [6.45, 7) is 4.18. The van der Waals surface area contributed by atoms with Crippen molar-refractivity contribution < 1.29 is 14.1 Å². The summed E-state index contributed by atoms with van der Waals surface area (Å²) in [5.74, 6) is 1.67. The number of benzene rings is 1. The predicted molar refractivity (Wildman–Crippen MR) is 83.2 cm³/mol. The molecule has 0 saturated heterocycles. The number of hydrogen-bond acceptors (Lipinski definition) is 5. The zero-order valence-electron chi connectivity index (χ0n) is 13.2. The minimum atomic E-state index is 0.385. The molecule has 0 unspecified atom stereocenters. The summed E-state index contributed by atoms with van der Waals surface area (Å²) in [5, 5.41) is 8.26. The van der Waals surface area contributed by atoms with Gasteiger partial charge in [0, 0.05) is 5.56 Å². The summed E-state index contributed by atoms with van der Waals surface area (Å²) in [6, 6.07) is 6.11. The lowest BCUT2D eigenvalue weighted by molar-refractivity contribution is 0.128. The standard InChI is InChI=1S/C17H20N2O3/c1-11-16(12(2)22-18-11)10-21-19-17-6-4-5-13-9-14(20-3)7-8-15(13)17/h7-9H,4-6,10H2,1-3H3/b19-17-. The highest BCUT2D eigenvalue weighted by atomic mass is 16.6. The molecule has 0 fully saturated rings. The lowest BCUT2D eigenvalue weighted by Crippen LogP contribution is -2.12. The quantitative estimate of drug-likeness (QED) is 0.810. The zero-order chi connectivity index (χ0) is 15.5. The number of aromatic nitrogens is 1. The molecule has 3 rings (SSSR count). The summed E-state index contributed by atoms with van der Waals surface area (Å²) in [5.41, 5.74) is 5.24. The van der Waals surface area contributed by atoms with E-state index >= 15 is 0 Å². The highest BCUT2D eigenvalue weighted by Gasteiger charge is 2.17. The van der Waals surface area contributed by atoms with Crippen molar-refractivity contribution in [1.82, 2.24) is 5.16 Å². The van der Waals surface area contributed by atoms with Gasteiger partial charge in [-0.1, -0.05) is 10.3 Å². The Morgan fingerprint density at radius 2 is 2.14 bits per heavy atom. The van der Waals surface area contributed by atoms with Gasteiger partial charge in [-0.05, 0) is 56.9 Å². The van der Waals surface area contributed by atoms with Crippen molar-refractivity contribution in [3.05, 3.63) is 46.3 Å². The van der Waals surface area contributed by atoms with Crippen molar-refractivity contribution in [3.8, 4) is 5.75 Å². The molecule has 0 saturated carbocycles. The molecule has 0 bridgehead atoms. The van der Waals surface area contributed by atoms with E-state index in [1.165, 1.54) is 5.56 Å². The van der Waals surface area contributed by atoms with Crippen LogP contribution in [0.3, 0.4) is 0 Å². The molecule has 1 aliphatic rings. The number of ether oxygens (including phenoxy) is 1. The van der Waals surface area contributed by atoms with Crippen molar-refractivity contribution >= 4 is 5.71 Å². The van der Waals surface area contributed by atoms with Gasteiger partial charge in [0.25, 0.3) is 0 Å². The van der Waals surface area contributed by atoms with Gasteiger partial charge in [0.15, 0.2) is 0 Å². The number of oxime groups is 1. The summed E-state index contributed by atoms with van der Waals surface area (Å²) in [6.07, 6.45) is 3.06. The van der Waals surface area contributed by atoms with Crippen LogP contribution in [-0.2, 0) is 17.9 Å². The molecule has 0 N–H and O–H groups in total. The largest absolute Gasteiger partial charge is 0.497 e. The van der Waals surface area contributed by atoms with Crippen LogP contribution in [0.4, 0.5) is 0 Å². The molecular weight excluding hydrogens is 280 g/mol. The Kier molecular flexibility index (Phi) is 4.13. The summed E-state index contributed by atoms with van der Waals surface area (Å²) >= 11 is 0. The first-order valence-corrected chi connectivity index (χ1v) is 7.47. The van der Waals surface area contributed by atoms with E-state index in [9.17, 15) is 0 Å². The topological polar surface area (TPSA) is 56.9 Å². The van der Waals surface area contributed by atoms with Crippen molar-refractivity contribution in [2.75, 3.05) is 7.11 Å². The van der Waals surface area contributed by atoms with Gasteiger partial charge in [-0.3, -0.25) is 0 Å². The maximum atomic E-state index is 5.55. The van der Waals surface area contributed by atoms with Crippen LogP contribution in [0.15, 0.2) is 27.9 Å². The van der Waals surface area contributed by atoms with Crippen LogP contribution in [0, 0.1) is 13.8 Å². The van der Waals surface area contributed by atoms with Crippen molar-refractivity contribution in [1.29, 1.82) is 0 Å². The Morgan fingerprint density at radius 1 is 1.27 bits per heavy atom. The average molecular weight is 300 g/mol. The Labute approximate surface area is 129 Å². The summed E-state index contributed by atoms with van der Waals surface area (Å²) in [7, 11) is 1.69. The smallest absolute Gasteiger partial charge is 0.147 e. The second kappa shape index (κ2) is 6.22. The number of rotatable bonds is 4. The molecule has 2 aromatic rings. The third-order valence-electron chi connectivity index (χ3n) is 4.05. The minimum absolute atomic E-state index is 0.385. The van der Waals surface area contributed by atoms with E-state index in [-0.39, 0.29) is 0 Å². The number of aryl methyl sites for hydroxylation is 3. The zero-order valence-corrected chi connectivity index (χ0v) is 13.2. The molecule has 1 heterocycles. The van der Waals surface area contributed by atoms with Gasteiger partial charge < -0.3 is 14.1 Å². The molecule has 1 aromatic carbocycles. The van der Waals surface area contributed by atoms with E-state index in [1.54, 1.807) is 7.11 Å². The highest BCUT2D eigenvalue weighted by molar-refractivity contribution is 6.02. The van der Waals surface area contributed by atoms with Crippen LogP contribution < -0.4 is 4.74 Å². The molecule has 0 atom stereocenters. The van der Waals surface area contributed by atoms with Gasteiger partial charge in [-0.15, -0.1) is 0 Å². The van der Waals surface area contributed by atoms with Crippen molar-refractivity contribution in [3.63, 3.8) is 0 Å². The first-order valence-electron chi connectivity index (χ1n) is 7.47. The van der Waals surface area contributed by atoms with Gasteiger partial charge >= 0.3 is 0 Å². The SMILES string of the molecule is COc1ccc2c(c1)CCC/C2=N/OCc1c(C)noc1C. The van der Waals surface area contributed by atoms with Gasteiger partial charge in [-0.25, -0.2) is 0 Å². The van der Waals surface area contributed by atoms with Crippen LogP contribution in [0.25, 0.3) is 0 Å². The van der Waals surface area contributed by atoms with Crippen LogP contribution in [0.1, 0.15) is 41.0 Å². The maximum absolute atomic E-state index is 5.55. The van der Waals surface area contributed by atoms with Crippen LogP contribution >= 0.6 is 0 Å². The van der Waals surface area contributed by atoms with E-state index in [2.05, 4.69) is 22.4 Å². The first-order chi connectivity index (χ1) is 10.7. The molecule has 1 aromatic heterocycles. The Balaban J connectivity index is 1.76. The second-order valence-electron chi connectivity index (χ2n) is 5.49. The van der Waals surface area contributed by atoms with Crippen molar-refractivity contribution in [2.24, 2.45) is 5.16 Å². The minimum Gasteiger partial charge on any atom is -0.497 e. The maximum Gasteiger partial charge on any atom is 0.147 e.